The third-order valence-corrected chi connectivity index (χ3v) is 2.92. The van der Waals surface area contributed by atoms with Crippen molar-refractivity contribution < 1.29 is 22.7 Å². The van der Waals surface area contributed by atoms with Crippen molar-refractivity contribution in [2.24, 2.45) is 0 Å². The van der Waals surface area contributed by atoms with Crippen molar-refractivity contribution in [2.75, 3.05) is 0 Å². The molecule has 0 aliphatic rings. The van der Waals surface area contributed by atoms with Crippen LogP contribution in [0.25, 0.3) is 10.9 Å². The van der Waals surface area contributed by atoms with Crippen LogP contribution in [0.2, 0.25) is 0 Å². The van der Waals surface area contributed by atoms with Gasteiger partial charge in [0.15, 0.2) is 0 Å². The summed E-state index contributed by atoms with van der Waals surface area (Å²) < 4.78 is 44.7. The Morgan fingerprint density at radius 3 is 2.33 bits per heavy atom. The van der Waals surface area contributed by atoms with Crippen molar-refractivity contribution in [1.82, 2.24) is 4.57 Å². The molecular weight excluding hydrogens is 283 g/mol. The Kier molecular flexibility index (Phi) is 3.51. The van der Waals surface area contributed by atoms with Crippen LogP contribution in [0.4, 0.5) is 18.0 Å². The van der Waals surface area contributed by atoms with Gasteiger partial charge >= 0.3 is 12.3 Å². The van der Waals surface area contributed by atoms with E-state index in [1.165, 1.54) is 16.8 Å². The van der Waals surface area contributed by atoms with Crippen molar-refractivity contribution in [1.29, 1.82) is 0 Å². The van der Waals surface area contributed by atoms with Gasteiger partial charge in [-0.15, -0.1) is 0 Å². The number of nitrogens with zero attached hydrogens (tertiary/aromatic N) is 1. The van der Waals surface area contributed by atoms with E-state index >= 15 is 0 Å². The van der Waals surface area contributed by atoms with Gasteiger partial charge in [0.1, 0.15) is 5.60 Å². The number of alkyl halides is 3. The van der Waals surface area contributed by atoms with Crippen LogP contribution in [0.3, 0.4) is 0 Å². The number of benzene rings is 1. The molecule has 2 rings (SSSR count). The molecule has 1 aromatic carbocycles. The minimum Gasteiger partial charge on any atom is -0.443 e. The molecule has 0 amide bonds. The van der Waals surface area contributed by atoms with Crippen LogP contribution >= 0.6 is 0 Å². The quantitative estimate of drug-likeness (QED) is 0.703. The Bertz CT molecular complexity index is 693. The highest BCUT2D eigenvalue weighted by molar-refractivity contribution is 5.92. The van der Waals surface area contributed by atoms with Crippen LogP contribution in [0.15, 0.2) is 24.4 Å². The van der Waals surface area contributed by atoms with E-state index in [1.54, 1.807) is 27.7 Å². The van der Waals surface area contributed by atoms with Crippen LogP contribution in [0.1, 0.15) is 31.9 Å². The van der Waals surface area contributed by atoms with E-state index in [0.717, 1.165) is 12.1 Å². The smallest absolute Gasteiger partial charge is 0.418 e. The summed E-state index contributed by atoms with van der Waals surface area (Å²) in [7, 11) is 0. The first-order valence-electron chi connectivity index (χ1n) is 6.41. The molecule has 1 aromatic heterocycles. The Morgan fingerprint density at radius 1 is 1.19 bits per heavy atom. The Labute approximate surface area is 120 Å². The first-order chi connectivity index (χ1) is 9.49. The molecular formula is C15H16F3NO2. The number of rotatable bonds is 0. The van der Waals surface area contributed by atoms with Gasteiger partial charge in [-0.1, -0.05) is 0 Å². The van der Waals surface area contributed by atoms with Crippen LogP contribution in [0, 0.1) is 6.92 Å². The number of carbonyl (C=O) groups excluding carboxylic acids is 1. The number of aryl methyl sites for hydroxylation is 1. The molecule has 0 fully saturated rings. The maximum Gasteiger partial charge on any atom is 0.418 e. The highest BCUT2D eigenvalue weighted by Gasteiger charge is 2.31. The Morgan fingerprint density at radius 2 is 1.81 bits per heavy atom. The van der Waals surface area contributed by atoms with Crippen molar-refractivity contribution in [3.05, 3.63) is 35.5 Å². The van der Waals surface area contributed by atoms with E-state index in [2.05, 4.69) is 0 Å². The minimum atomic E-state index is -4.41. The maximum absolute atomic E-state index is 12.7. The molecule has 2 aromatic rings. The van der Waals surface area contributed by atoms with Gasteiger partial charge in [0.05, 0.1) is 11.1 Å². The average Bonchev–Trinajstić information content (AvgIpc) is 2.63. The first-order valence-corrected chi connectivity index (χ1v) is 6.41. The van der Waals surface area contributed by atoms with Crippen molar-refractivity contribution in [2.45, 2.75) is 39.5 Å². The van der Waals surface area contributed by atoms with Crippen LogP contribution < -0.4 is 0 Å². The van der Waals surface area contributed by atoms with Gasteiger partial charge in [-0.3, -0.25) is 4.57 Å². The Hall–Kier alpha value is -1.98. The fourth-order valence-corrected chi connectivity index (χ4v) is 2.03. The van der Waals surface area contributed by atoms with Gasteiger partial charge in [0.2, 0.25) is 0 Å². The van der Waals surface area contributed by atoms with Gasteiger partial charge in [0, 0.05) is 11.6 Å². The Balaban J connectivity index is 2.52. The number of ether oxygens (including phenoxy) is 1. The third kappa shape index (κ3) is 3.20. The minimum absolute atomic E-state index is 0.385. The third-order valence-electron chi connectivity index (χ3n) is 2.92. The van der Waals surface area contributed by atoms with Crippen molar-refractivity contribution >= 4 is 17.0 Å². The van der Waals surface area contributed by atoms with Crippen LogP contribution in [-0.4, -0.2) is 16.3 Å². The molecule has 0 N–H and O–H groups in total. The molecule has 21 heavy (non-hydrogen) atoms. The zero-order valence-electron chi connectivity index (χ0n) is 12.2. The highest BCUT2D eigenvalue weighted by atomic mass is 19.4. The standard InChI is InChI=1S/C15H16F3NO2/c1-9-8-19(13(20)21-14(2,3)4)12-6-5-10(7-11(9)12)15(16,17)18/h5-8H,1-4H3. The van der Waals surface area contributed by atoms with Gasteiger partial charge in [-0.25, -0.2) is 4.79 Å². The fraction of sp³-hybridized carbons (Fsp3) is 0.400. The molecule has 0 aliphatic carbocycles. The van der Waals surface area contributed by atoms with Gasteiger partial charge in [-0.05, 0) is 51.5 Å². The van der Waals surface area contributed by atoms with Gasteiger partial charge in [-0.2, -0.15) is 13.2 Å². The van der Waals surface area contributed by atoms with E-state index in [-0.39, 0.29) is 0 Å². The van der Waals surface area contributed by atoms with E-state index in [9.17, 15) is 18.0 Å². The number of halogens is 3. The molecule has 3 nitrogen and oxygen atoms in total. The zero-order valence-corrected chi connectivity index (χ0v) is 12.2. The molecule has 0 atom stereocenters. The zero-order chi connectivity index (χ0) is 16.0. The highest BCUT2D eigenvalue weighted by Crippen LogP contribution is 2.33. The molecule has 0 bridgehead atoms. The summed E-state index contributed by atoms with van der Waals surface area (Å²) in [6.07, 6.45) is -3.53. The second-order valence-electron chi connectivity index (χ2n) is 5.89. The topological polar surface area (TPSA) is 31.2 Å². The molecule has 0 saturated carbocycles. The van der Waals surface area contributed by atoms with Crippen LogP contribution in [0.5, 0.6) is 0 Å². The lowest BCUT2D eigenvalue weighted by atomic mass is 10.1. The molecule has 6 heteroatoms. The number of hydrogen-bond acceptors (Lipinski definition) is 2. The summed E-state index contributed by atoms with van der Waals surface area (Å²) in [6.45, 7) is 6.84. The van der Waals surface area contributed by atoms with Gasteiger partial charge < -0.3 is 4.74 Å². The second-order valence-corrected chi connectivity index (χ2v) is 5.89. The molecule has 0 spiro atoms. The predicted molar refractivity (Wildman–Crippen MR) is 73.3 cm³/mol. The summed E-state index contributed by atoms with van der Waals surface area (Å²) in [5.74, 6) is 0. The average molecular weight is 299 g/mol. The van der Waals surface area contributed by atoms with E-state index in [0.29, 0.717) is 16.5 Å². The summed E-state index contributed by atoms with van der Waals surface area (Å²) in [6, 6.07) is 3.29. The lowest BCUT2D eigenvalue weighted by Gasteiger charge is -2.19. The number of aromatic nitrogens is 1. The molecule has 0 radical (unpaired) electrons. The molecule has 1 heterocycles. The molecule has 0 saturated heterocycles. The SMILES string of the molecule is Cc1cn(C(=O)OC(C)(C)C)c2ccc(C(F)(F)F)cc12. The van der Waals surface area contributed by atoms with Crippen molar-refractivity contribution in [3.8, 4) is 0 Å². The first kappa shape index (κ1) is 15.4. The summed E-state index contributed by atoms with van der Waals surface area (Å²) in [5, 5.41) is 0.385. The maximum atomic E-state index is 12.7. The predicted octanol–water partition coefficient (Wildman–Crippen LogP) is 4.75. The van der Waals surface area contributed by atoms with Gasteiger partial charge in [0.25, 0.3) is 0 Å². The van der Waals surface area contributed by atoms with E-state index in [1.807, 2.05) is 0 Å². The number of fused-ring (bicyclic) bond motifs is 1. The normalized spacial score (nSPS) is 12.7. The monoisotopic (exact) mass is 299 g/mol. The molecule has 0 unspecified atom stereocenters. The summed E-state index contributed by atoms with van der Waals surface area (Å²) in [5.41, 5.74) is -0.426. The summed E-state index contributed by atoms with van der Waals surface area (Å²) in [4.78, 5) is 12.1. The molecule has 0 aliphatic heterocycles. The number of hydrogen-bond donors (Lipinski definition) is 0. The van der Waals surface area contributed by atoms with Crippen molar-refractivity contribution in [3.63, 3.8) is 0 Å². The van der Waals surface area contributed by atoms with E-state index in [4.69, 9.17) is 4.74 Å². The van der Waals surface area contributed by atoms with Crippen LogP contribution in [-0.2, 0) is 10.9 Å². The summed E-state index contributed by atoms with van der Waals surface area (Å²) >= 11 is 0. The lowest BCUT2D eigenvalue weighted by molar-refractivity contribution is -0.137. The largest absolute Gasteiger partial charge is 0.443 e. The second kappa shape index (κ2) is 4.79. The fourth-order valence-electron chi connectivity index (χ4n) is 2.03. The molecule has 114 valence electrons. The lowest BCUT2D eigenvalue weighted by Crippen LogP contribution is -2.26. The number of carbonyl (C=O) groups is 1. The van der Waals surface area contributed by atoms with E-state index < -0.39 is 23.4 Å².